The fourth-order valence-electron chi connectivity index (χ4n) is 1.86. The normalized spacial score (nSPS) is 10.8. The highest BCUT2D eigenvalue weighted by atomic mass is 32.1. The number of carboxylic acid groups (broad SMARTS) is 1. The average molecular weight is 287 g/mol. The SMILES string of the molecule is O=C(O)Cn1nnc2sc(-c3ccccc3)cc2c1=O. The van der Waals surface area contributed by atoms with Gasteiger partial charge in [0, 0.05) is 4.88 Å². The maximum atomic E-state index is 12.1. The van der Waals surface area contributed by atoms with E-state index in [9.17, 15) is 9.59 Å². The van der Waals surface area contributed by atoms with Gasteiger partial charge in [0.05, 0.1) is 5.39 Å². The monoisotopic (exact) mass is 287 g/mol. The Hall–Kier alpha value is -2.54. The average Bonchev–Trinajstić information content (AvgIpc) is 2.87. The first kappa shape index (κ1) is 12.5. The van der Waals surface area contributed by atoms with Crippen LogP contribution in [0, 0.1) is 0 Å². The molecule has 0 unspecified atom stereocenters. The van der Waals surface area contributed by atoms with Crippen molar-refractivity contribution in [2.24, 2.45) is 0 Å². The lowest BCUT2D eigenvalue weighted by atomic mass is 10.2. The number of carboxylic acids is 1. The first-order valence-corrected chi connectivity index (χ1v) is 6.61. The van der Waals surface area contributed by atoms with Gasteiger partial charge in [-0.3, -0.25) is 9.59 Å². The van der Waals surface area contributed by atoms with Crippen molar-refractivity contribution in [2.45, 2.75) is 6.54 Å². The molecule has 0 atom stereocenters. The third-order valence-corrected chi connectivity index (χ3v) is 3.83. The summed E-state index contributed by atoms with van der Waals surface area (Å²) in [6, 6.07) is 11.3. The lowest BCUT2D eigenvalue weighted by Gasteiger charge is -1.97. The molecule has 3 rings (SSSR count). The maximum absolute atomic E-state index is 12.1. The van der Waals surface area contributed by atoms with Crippen molar-refractivity contribution < 1.29 is 9.90 Å². The molecule has 0 spiro atoms. The largest absolute Gasteiger partial charge is 0.480 e. The second kappa shape index (κ2) is 4.86. The van der Waals surface area contributed by atoms with Crippen LogP contribution in [0.5, 0.6) is 0 Å². The standard InChI is InChI=1S/C13H9N3O3S/c17-11(18)7-16-13(19)9-6-10(20-12(9)14-15-16)8-4-2-1-3-5-8/h1-6H,7H2,(H,17,18). The first-order chi connectivity index (χ1) is 9.65. The molecule has 0 radical (unpaired) electrons. The third kappa shape index (κ3) is 2.19. The molecule has 3 aromatic rings. The molecule has 0 saturated heterocycles. The summed E-state index contributed by atoms with van der Waals surface area (Å²) < 4.78 is 0.853. The Kier molecular flexibility index (Phi) is 3.03. The molecule has 100 valence electrons. The second-order valence-corrected chi connectivity index (χ2v) is 5.17. The zero-order valence-electron chi connectivity index (χ0n) is 10.2. The number of carbonyl (C=O) groups is 1. The van der Waals surface area contributed by atoms with Gasteiger partial charge in [0.15, 0.2) is 4.83 Å². The summed E-state index contributed by atoms with van der Waals surface area (Å²) in [6.07, 6.45) is 0. The Balaban J connectivity index is 2.15. The number of fused-ring (bicyclic) bond motifs is 1. The Morgan fingerprint density at radius 2 is 2.05 bits per heavy atom. The number of hydrogen-bond acceptors (Lipinski definition) is 5. The van der Waals surface area contributed by atoms with Gasteiger partial charge in [0.2, 0.25) is 0 Å². The molecule has 0 amide bonds. The number of nitrogens with zero attached hydrogens (tertiary/aromatic N) is 3. The predicted octanol–water partition coefficient (Wildman–Crippen LogP) is 1.60. The van der Waals surface area contributed by atoms with Crippen LogP contribution in [0.3, 0.4) is 0 Å². The van der Waals surface area contributed by atoms with Crippen LogP contribution in [0.4, 0.5) is 0 Å². The minimum atomic E-state index is -1.13. The molecule has 0 saturated carbocycles. The maximum Gasteiger partial charge on any atom is 0.325 e. The lowest BCUT2D eigenvalue weighted by molar-refractivity contribution is -0.138. The van der Waals surface area contributed by atoms with E-state index in [-0.39, 0.29) is 0 Å². The van der Waals surface area contributed by atoms with Crippen LogP contribution < -0.4 is 5.56 Å². The molecule has 2 aromatic heterocycles. The number of aromatic nitrogens is 3. The number of hydrogen-bond donors (Lipinski definition) is 1. The fourth-order valence-corrected chi connectivity index (χ4v) is 2.83. The Morgan fingerprint density at radius 1 is 1.30 bits per heavy atom. The first-order valence-electron chi connectivity index (χ1n) is 5.80. The van der Waals surface area contributed by atoms with Crippen LogP contribution in [-0.2, 0) is 11.3 Å². The van der Waals surface area contributed by atoms with E-state index in [1.807, 2.05) is 30.3 Å². The number of aliphatic carboxylic acids is 1. The van der Waals surface area contributed by atoms with Gasteiger partial charge in [-0.05, 0) is 11.6 Å². The summed E-state index contributed by atoms with van der Waals surface area (Å²) in [5, 5.41) is 16.7. The summed E-state index contributed by atoms with van der Waals surface area (Å²) in [7, 11) is 0. The highest BCUT2D eigenvalue weighted by Gasteiger charge is 2.12. The zero-order valence-corrected chi connectivity index (χ0v) is 11.0. The van der Waals surface area contributed by atoms with E-state index in [1.165, 1.54) is 11.3 Å². The van der Waals surface area contributed by atoms with Crippen molar-refractivity contribution in [1.29, 1.82) is 0 Å². The molecule has 0 aliphatic rings. The summed E-state index contributed by atoms with van der Waals surface area (Å²) in [4.78, 5) is 24.2. The van der Waals surface area contributed by atoms with Gasteiger partial charge in [0.25, 0.3) is 5.56 Å². The van der Waals surface area contributed by atoms with Crippen molar-refractivity contribution in [1.82, 2.24) is 15.0 Å². The molecule has 0 bridgehead atoms. The van der Waals surface area contributed by atoms with Gasteiger partial charge in [0.1, 0.15) is 6.54 Å². The predicted molar refractivity (Wildman–Crippen MR) is 74.7 cm³/mol. The molecule has 1 aromatic carbocycles. The van der Waals surface area contributed by atoms with Crippen molar-refractivity contribution in [2.75, 3.05) is 0 Å². The molecule has 7 heteroatoms. The van der Waals surface area contributed by atoms with Crippen LogP contribution >= 0.6 is 11.3 Å². The van der Waals surface area contributed by atoms with Crippen molar-refractivity contribution >= 4 is 27.5 Å². The van der Waals surface area contributed by atoms with Crippen LogP contribution in [0.15, 0.2) is 41.2 Å². The van der Waals surface area contributed by atoms with Gasteiger partial charge in [-0.15, -0.1) is 16.4 Å². The summed E-state index contributed by atoms with van der Waals surface area (Å²) in [5.74, 6) is -1.13. The van der Waals surface area contributed by atoms with E-state index < -0.39 is 18.1 Å². The summed E-state index contributed by atoms with van der Waals surface area (Å²) in [6.45, 7) is -0.488. The highest BCUT2D eigenvalue weighted by molar-refractivity contribution is 7.21. The topological polar surface area (TPSA) is 85.1 Å². The van der Waals surface area contributed by atoms with E-state index in [2.05, 4.69) is 10.3 Å². The van der Waals surface area contributed by atoms with Crippen molar-refractivity contribution in [3.8, 4) is 10.4 Å². The number of thiophene rings is 1. The quantitative estimate of drug-likeness (QED) is 0.791. The minimum absolute atomic E-state index is 0.394. The van der Waals surface area contributed by atoms with E-state index >= 15 is 0 Å². The third-order valence-electron chi connectivity index (χ3n) is 2.76. The van der Waals surface area contributed by atoms with Gasteiger partial charge in [-0.2, -0.15) is 4.68 Å². The minimum Gasteiger partial charge on any atom is -0.480 e. The van der Waals surface area contributed by atoms with Gasteiger partial charge in [-0.1, -0.05) is 35.5 Å². The smallest absolute Gasteiger partial charge is 0.325 e. The van der Waals surface area contributed by atoms with E-state index in [0.717, 1.165) is 15.1 Å². The highest BCUT2D eigenvalue weighted by Crippen LogP contribution is 2.30. The molecule has 20 heavy (non-hydrogen) atoms. The van der Waals surface area contributed by atoms with E-state index in [1.54, 1.807) is 6.07 Å². The van der Waals surface area contributed by atoms with Gasteiger partial charge < -0.3 is 5.11 Å². The van der Waals surface area contributed by atoms with Crippen LogP contribution in [-0.4, -0.2) is 26.1 Å². The fraction of sp³-hybridized carbons (Fsp3) is 0.0769. The molecule has 2 heterocycles. The van der Waals surface area contributed by atoms with E-state index in [4.69, 9.17) is 5.11 Å². The molecule has 0 aliphatic carbocycles. The second-order valence-electron chi connectivity index (χ2n) is 4.14. The molecular formula is C13H9N3O3S. The number of rotatable bonds is 3. The molecular weight excluding hydrogens is 278 g/mol. The summed E-state index contributed by atoms with van der Waals surface area (Å²) in [5.41, 5.74) is 0.551. The Labute approximate surface area is 116 Å². The molecule has 0 fully saturated rings. The summed E-state index contributed by atoms with van der Waals surface area (Å²) >= 11 is 1.36. The molecule has 0 aliphatic heterocycles. The van der Waals surface area contributed by atoms with Gasteiger partial charge >= 0.3 is 5.97 Å². The van der Waals surface area contributed by atoms with Crippen LogP contribution in [0.2, 0.25) is 0 Å². The molecule has 6 nitrogen and oxygen atoms in total. The van der Waals surface area contributed by atoms with Crippen LogP contribution in [0.1, 0.15) is 0 Å². The zero-order chi connectivity index (χ0) is 14.1. The van der Waals surface area contributed by atoms with Crippen LogP contribution in [0.25, 0.3) is 20.7 Å². The number of benzene rings is 1. The Bertz CT molecular complexity index is 839. The van der Waals surface area contributed by atoms with Crippen molar-refractivity contribution in [3.63, 3.8) is 0 Å². The van der Waals surface area contributed by atoms with Gasteiger partial charge in [-0.25, -0.2) is 0 Å². The molecule has 1 N–H and O–H groups in total. The van der Waals surface area contributed by atoms with Crippen molar-refractivity contribution in [3.05, 3.63) is 46.8 Å². The lowest BCUT2D eigenvalue weighted by Crippen LogP contribution is -2.27. The van der Waals surface area contributed by atoms with E-state index in [0.29, 0.717) is 10.2 Å². The Morgan fingerprint density at radius 3 is 2.75 bits per heavy atom.